The van der Waals surface area contributed by atoms with Crippen molar-refractivity contribution in [3.63, 3.8) is 0 Å². The zero-order valence-corrected chi connectivity index (χ0v) is 16.2. The SMILES string of the molecule is CCCc1c(C(C)C)cc(C(C)C)c(CO)c1-c1ccc(Cl)cc1. The lowest BCUT2D eigenvalue weighted by Crippen LogP contribution is -2.08. The van der Waals surface area contributed by atoms with E-state index < -0.39 is 0 Å². The molecule has 1 N–H and O–H groups in total. The summed E-state index contributed by atoms with van der Waals surface area (Å²) in [4.78, 5) is 0. The van der Waals surface area contributed by atoms with E-state index in [-0.39, 0.29) is 6.61 Å². The van der Waals surface area contributed by atoms with Gasteiger partial charge in [0.2, 0.25) is 0 Å². The number of rotatable bonds is 6. The van der Waals surface area contributed by atoms with Crippen LogP contribution in [0.2, 0.25) is 5.02 Å². The average molecular weight is 345 g/mol. The van der Waals surface area contributed by atoms with E-state index in [1.165, 1.54) is 22.3 Å². The van der Waals surface area contributed by atoms with Crippen LogP contribution in [0.25, 0.3) is 11.1 Å². The van der Waals surface area contributed by atoms with E-state index in [1.54, 1.807) is 0 Å². The second-order valence-electron chi connectivity index (χ2n) is 7.11. The molecule has 0 aromatic heterocycles. The van der Waals surface area contributed by atoms with E-state index in [1.807, 2.05) is 12.1 Å². The highest BCUT2D eigenvalue weighted by Gasteiger charge is 2.21. The van der Waals surface area contributed by atoms with Gasteiger partial charge in [-0.2, -0.15) is 0 Å². The number of aliphatic hydroxyl groups is 1. The van der Waals surface area contributed by atoms with Gasteiger partial charge in [0.1, 0.15) is 0 Å². The Morgan fingerprint density at radius 3 is 1.92 bits per heavy atom. The fraction of sp³-hybridized carbons (Fsp3) is 0.455. The first-order chi connectivity index (χ1) is 11.4. The van der Waals surface area contributed by atoms with Crippen molar-refractivity contribution in [2.24, 2.45) is 0 Å². The molecule has 2 heteroatoms. The van der Waals surface area contributed by atoms with Crippen LogP contribution in [0.5, 0.6) is 0 Å². The summed E-state index contributed by atoms with van der Waals surface area (Å²) in [6.45, 7) is 11.2. The topological polar surface area (TPSA) is 20.2 Å². The van der Waals surface area contributed by atoms with Crippen LogP contribution in [-0.2, 0) is 13.0 Å². The smallest absolute Gasteiger partial charge is 0.0690 e. The standard InChI is InChI=1S/C22H29ClO/c1-6-7-18-19(14(2)3)12-20(15(4)5)21(13-24)22(18)16-8-10-17(23)11-9-16/h8-12,14-15,24H,6-7,13H2,1-5H3. The minimum Gasteiger partial charge on any atom is -0.392 e. The van der Waals surface area contributed by atoms with Crippen molar-refractivity contribution >= 4 is 11.6 Å². The predicted molar refractivity (Wildman–Crippen MR) is 105 cm³/mol. The minimum absolute atomic E-state index is 0.0700. The van der Waals surface area contributed by atoms with Crippen LogP contribution in [0.3, 0.4) is 0 Å². The summed E-state index contributed by atoms with van der Waals surface area (Å²) < 4.78 is 0. The predicted octanol–water partition coefficient (Wildman–Crippen LogP) is 6.70. The second kappa shape index (κ2) is 8.18. The molecule has 24 heavy (non-hydrogen) atoms. The first-order valence-electron chi connectivity index (χ1n) is 8.95. The second-order valence-corrected chi connectivity index (χ2v) is 7.55. The molecule has 0 aliphatic rings. The molecular formula is C22H29ClO. The molecule has 0 atom stereocenters. The van der Waals surface area contributed by atoms with E-state index in [4.69, 9.17) is 11.6 Å². The van der Waals surface area contributed by atoms with Crippen LogP contribution in [-0.4, -0.2) is 5.11 Å². The van der Waals surface area contributed by atoms with Crippen LogP contribution in [0, 0.1) is 0 Å². The summed E-state index contributed by atoms with van der Waals surface area (Å²) in [7, 11) is 0. The van der Waals surface area contributed by atoms with Gasteiger partial charge in [-0.25, -0.2) is 0 Å². The Labute approximate surface area is 151 Å². The van der Waals surface area contributed by atoms with Gasteiger partial charge in [-0.05, 0) is 63.8 Å². The average Bonchev–Trinajstić information content (AvgIpc) is 2.54. The van der Waals surface area contributed by atoms with Gasteiger partial charge < -0.3 is 5.11 Å². The highest BCUT2D eigenvalue weighted by Crippen LogP contribution is 2.39. The molecule has 0 saturated carbocycles. The van der Waals surface area contributed by atoms with Gasteiger partial charge in [-0.1, -0.05) is 70.8 Å². The van der Waals surface area contributed by atoms with Gasteiger partial charge in [0.25, 0.3) is 0 Å². The number of hydrogen-bond donors (Lipinski definition) is 1. The van der Waals surface area contributed by atoms with Gasteiger partial charge in [0, 0.05) is 5.02 Å². The summed E-state index contributed by atoms with van der Waals surface area (Å²) in [5.74, 6) is 0.842. The number of hydrogen-bond acceptors (Lipinski definition) is 1. The van der Waals surface area contributed by atoms with Crippen molar-refractivity contribution in [1.29, 1.82) is 0 Å². The molecular weight excluding hydrogens is 316 g/mol. The van der Waals surface area contributed by atoms with Crippen molar-refractivity contribution in [3.05, 3.63) is 57.6 Å². The van der Waals surface area contributed by atoms with E-state index in [0.29, 0.717) is 11.8 Å². The Balaban J connectivity index is 2.86. The Kier molecular flexibility index (Phi) is 6.48. The van der Waals surface area contributed by atoms with Gasteiger partial charge >= 0.3 is 0 Å². The number of aliphatic hydroxyl groups excluding tert-OH is 1. The van der Waals surface area contributed by atoms with Crippen molar-refractivity contribution in [3.8, 4) is 11.1 Å². The molecule has 1 nitrogen and oxygen atoms in total. The molecule has 130 valence electrons. The lowest BCUT2D eigenvalue weighted by Gasteiger charge is -2.25. The molecule has 0 aliphatic heterocycles. The van der Waals surface area contributed by atoms with Crippen molar-refractivity contribution in [2.45, 2.75) is 65.9 Å². The molecule has 0 bridgehead atoms. The maximum absolute atomic E-state index is 10.2. The van der Waals surface area contributed by atoms with Crippen LogP contribution >= 0.6 is 11.6 Å². The zero-order valence-electron chi connectivity index (χ0n) is 15.5. The molecule has 0 aliphatic carbocycles. The number of benzene rings is 2. The Bertz CT molecular complexity index is 684. The largest absolute Gasteiger partial charge is 0.392 e. The lowest BCUT2D eigenvalue weighted by molar-refractivity contribution is 0.280. The molecule has 0 unspecified atom stereocenters. The van der Waals surface area contributed by atoms with Crippen LogP contribution in [0.1, 0.15) is 75.1 Å². The van der Waals surface area contributed by atoms with Crippen molar-refractivity contribution in [1.82, 2.24) is 0 Å². The molecule has 0 heterocycles. The maximum atomic E-state index is 10.2. The lowest BCUT2D eigenvalue weighted by atomic mass is 9.80. The van der Waals surface area contributed by atoms with Crippen molar-refractivity contribution in [2.75, 3.05) is 0 Å². The molecule has 0 amide bonds. The Hall–Kier alpha value is -1.31. The molecule has 0 spiro atoms. The fourth-order valence-electron chi connectivity index (χ4n) is 3.50. The fourth-order valence-corrected chi connectivity index (χ4v) is 3.62. The van der Waals surface area contributed by atoms with E-state index in [9.17, 15) is 5.11 Å². The Morgan fingerprint density at radius 2 is 1.46 bits per heavy atom. The first kappa shape index (κ1) is 19.0. The number of halogens is 1. The monoisotopic (exact) mass is 344 g/mol. The summed E-state index contributed by atoms with van der Waals surface area (Å²) in [5, 5.41) is 10.9. The van der Waals surface area contributed by atoms with Crippen LogP contribution in [0.4, 0.5) is 0 Å². The third-order valence-electron chi connectivity index (χ3n) is 4.65. The Morgan fingerprint density at radius 1 is 0.917 bits per heavy atom. The summed E-state index contributed by atoms with van der Waals surface area (Å²) in [6, 6.07) is 10.3. The van der Waals surface area contributed by atoms with Crippen molar-refractivity contribution < 1.29 is 5.11 Å². The summed E-state index contributed by atoms with van der Waals surface area (Å²) >= 11 is 6.09. The van der Waals surface area contributed by atoms with E-state index in [0.717, 1.165) is 29.0 Å². The highest BCUT2D eigenvalue weighted by molar-refractivity contribution is 6.30. The first-order valence-corrected chi connectivity index (χ1v) is 9.33. The zero-order chi connectivity index (χ0) is 17.9. The van der Waals surface area contributed by atoms with Gasteiger partial charge in [0.05, 0.1) is 6.61 Å². The normalized spacial score (nSPS) is 11.5. The third kappa shape index (κ3) is 3.84. The van der Waals surface area contributed by atoms with Gasteiger partial charge in [-0.3, -0.25) is 0 Å². The van der Waals surface area contributed by atoms with Gasteiger partial charge in [0.15, 0.2) is 0 Å². The minimum atomic E-state index is 0.0700. The molecule has 2 aromatic carbocycles. The van der Waals surface area contributed by atoms with E-state index in [2.05, 4.69) is 52.8 Å². The third-order valence-corrected chi connectivity index (χ3v) is 4.90. The molecule has 0 radical (unpaired) electrons. The van der Waals surface area contributed by atoms with Crippen LogP contribution in [0.15, 0.2) is 30.3 Å². The summed E-state index contributed by atoms with van der Waals surface area (Å²) in [6.07, 6.45) is 2.11. The van der Waals surface area contributed by atoms with Crippen LogP contribution < -0.4 is 0 Å². The van der Waals surface area contributed by atoms with E-state index >= 15 is 0 Å². The van der Waals surface area contributed by atoms with Gasteiger partial charge in [-0.15, -0.1) is 0 Å². The molecule has 2 aromatic rings. The molecule has 0 fully saturated rings. The molecule has 2 rings (SSSR count). The highest BCUT2D eigenvalue weighted by atomic mass is 35.5. The summed E-state index contributed by atoms with van der Waals surface area (Å²) in [5.41, 5.74) is 7.47. The molecule has 0 saturated heterocycles. The quantitative estimate of drug-likeness (QED) is 0.618. The maximum Gasteiger partial charge on any atom is 0.0690 e.